The fourth-order valence-electron chi connectivity index (χ4n) is 2.92. The van der Waals surface area contributed by atoms with Gasteiger partial charge < -0.3 is 19.3 Å². The van der Waals surface area contributed by atoms with Crippen LogP contribution in [0, 0.1) is 5.92 Å². The first-order valence-electron chi connectivity index (χ1n) is 9.14. The summed E-state index contributed by atoms with van der Waals surface area (Å²) in [5, 5.41) is 0. The molecule has 0 unspecified atom stereocenters. The van der Waals surface area contributed by atoms with Gasteiger partial charge in [0, 0.05) is 26.7 Å². The maximum absolute atomic E-state index is 12.1. The summed E-state index contributed by atoms with van der Waals surface area (Å²) in [6.45, 7) is 7.84. The Labute approximate surface area is 156 Å². The topological polar surface area (TPSA) is 59.1 Å². The van der Waals surface area contributed by atoms with Crippen LogP contribution >= 0.6 is 0 Å². The standard InChI is InChI=1S/C20H30N2O4/c1-20(2,3)26-19(24)22-12-10-16(11-13-22)14-21(4)18(23)25-15-17-8-6-5-7-9-17/h5-9,16H,10-15H2,1-4H3. The first kappa shape index (κ1) is 20.1. The van der Waals surface area contributed by atoms with Crippen LogP contribution in [-0.2, 0) is 16.1 Å². The van der Waals surface area contributed by atoms with E-state index in [0.717, 1.165) is 18.4 Å². The van der Waals surface area contributed by atoms with Gasteiger partial charge in [-0.1, -0.05) is 30.3 Å². The van der Waals surface area contributed by atoms with Gasteiger partial charge >= 0.3 is 12.2 Å². The summed E-state index contributed by atoms with van der Waals surface area (Å²) >= 11 is 0. The van der Waals surface area contributed by atoms with Crippen molar-refractivity contribution in [2.45, 2.75) is 45.8 Å². The molecule has 0 bridgehead atoms. The van der Waals surface area contributed by atoms with Crippen LogP contribution < -0.4 is 0 Å². The molecule has 26 heavy (non-hydrogen) atoms. The number of piperidine rings is 1. The third-order valence-corrected chi connectivity index (χ3v) is 4.32. The Morgan fingerprint density at radius 3 is 2.35 bits per heavy atom. The number of rotatable bonds is 4. The molecule has 0 spiro atoms. The van der Waals surface area contributed by atoms with E-state index in [0.29, 0.717) is 25.6 Å². The first-order valence-corrected chi connectivity index (χ1v) is 9.14. The fourth-order valence-corrected chi connectivity index (χ4v) is 2.92. The van der Waals surface area contributed by atoms with Gasteiger partial charge in [0.15, 0.2) is 0 Å². The lowest BCUT2D eigenvalue weighted by Crippen LogP contribution is -2.44. The zero-order valence-electron chi connectivity index (χ0n) is 16.2. The molecule has 6 nitrogen and oxygen atoms in total. The zero-order chi connectivity index (χ0) is 19.2. The van der Waals surface area contributed by atoms with E-state index in [4.69, 9.17) is 9.47 Å². The van der Waals surface area contributed by atoms with Gasteiger partial charge in [-0.2, -0.15) is 0 Å². The number of hydrogen-bond donors (Lipinski definition) is 0. The number of carbonyl (C=O) groups is 2. The maximum atomic E-state index is 12.1. The number of likely N-dealkylation sites (tertiary alicyclic amines) is 1. The predicted octanol–water partition coefficient (Wildman–Crippen LogP) is 3.90. The Kier molecular flexibility index (Phi) is 6.89. The highest BCUT2D eigenvalue weighted by Gasteiger charge is 2.28. The molecule has 1 aromatic carbocycles. The quantitative estimate of drug-likeness (QED) is 0.815. The van der Waals surface area contributed by atoms with Gasteiger partial charge in [-0.15, -0.1) is 0 Å². The van der Waals surface area contributed by atoms with E-state index in [2.05, 4.69) is 0 Å². The predicted molar refractivity (Wildman–Crippen MR) is 99.8 cm³/mol. The van der Waals surface area contributed by atoms with Crippen LogP contribution in [0.25, 0.3) is 0 Å². The molecule has 1 saturated heterocycles. The SMILES string of the molecule is CN(CC1CCN(C(=O)OC(C)(C)C)CC1)C(=O)OCc1ccccc1. The highest BCUT2D eigenvalue weighted by Crippen LogP contribution is 2.20. The second-order valence-corrected chi connectivity index (χ2v) is 7.83. The van der Waals surface area contributed by atoms with Crippen LogP contribution in [0.15, 0.2) is 30.3 Å². The number of nitrogens with zero attached hydrogens (tertiary/aromatic N) is 2. The Morgan fingerprint density at radius 1 is 1.15 bits per heavy atom. The van der Waals surface area contributed by atoms with Gasteiger partial charge in [-0.3, -0.25) is 0 Å². The molecule has 144 valence electrons. The van der Waals surface area contributed by atoms with Gasteiger partial charge in [0.1, 0.15) is 12.2 Å². The largest absolute Gasteiger partial charge is 0.445 e. The molecular formula is C20H30N2O4. The summed E-state index contributed by atoms with van der Waals surface area (Å²) in [5.74, 6) is 0.364. The molecular weight excluding hydrogens is 332 g/mol. The summed E-state index contributed by atoms with van der Waals surface area (Å²) in [7, 11) is 1.76. The first-order chi connectivity index (χ1) is 12.2. The summed E-state index contributed by atoms with van der Waals surface area (Å²) in [6, 6.07) is 9.64. The van der Waals surface area contributed by atoms with Crippen molar-refractivity contribution in [3.8, 4) is 0 Å². The van der Waals surface area contributed by atoms with Crippen molar-refractivity contribution in [3.05, 3.63) is 35.9 Å². The van der Waals surface area contributed by atoms with Crippen LogP contribution in [0.4, 0.5) is 9.59 Å². The molecule has 1 aliphatic heterocycles. The van der Waals surface area contributed by atoms with Gasteiger partial charge in [0.2, 0.25) is 0 Å². The Hall–Kier alpha value is -2.24. The highest BCUT2D eigenvalue weighted by molar-refractivity contribution is 5.68. The molecule has 2 rings (SSSR count). The third kappa shape index (κ3) is 6.58. The normalized spacial score (nSPS) is 15.5. The molecule has 0 aliphatic carbocycles. The summed E-state index contributed by atoms with van der Waals surface area (Å²) in [6.07, 6.45) is 1.14. The van der Waals surface area contributed by atoms with E-state index in [1.54, 1.807) is 16.8 Å². The Morgan fingerprint density at radius 2 is 1.77 bits per heavy atom. The van der Waals surface area contributed by atoms with E-state index in [1.807, 2.05) is 51.1 Å². The Balaban J connectivity index is 1.71. The van der Waals surface area contributed by atoms with E-state index >= 15 is 0 Å². The fraction of sp³-hybridized carbons (Fsp3) is 0.600. The lowest BCUT2D eigenvalue weighted by atomic mass is 9.97. The molecule has 1 aromatic rings. The van der Waals surface area contributed by atoms with Crippen molar-refractivity contribution in [2.75, 3.05) is 26.7 Å². The molecule has 0 N–H and O–H groups in total. The van der Waals surface area contributed by atoms with Crippen LogP contribution in [0.3, 0.4) is 0 Å². The van der Waals surface area contributed by atoms with Crippen molar-refractivity contribution in [2.24, 2.45) is 5.92 Å². The average molecular weight is 362 g/mol. The molecule has 1 fully saturated rings. The van der Waals surface area contributed by atoms with E-state index in [9.17, 15) is 9.59 Å². The minimum atomic E-state index is -0.476. The molecule has 0 radical (unpaired) electrons. The lowest BCUT2D eigenvalue weighted by Gasteiger charge is -2.34. The number of amides is 2. The number of hydrogen-bond acceptors (Lipinski definition) is 4. The summed E-state index contributed by atoms with van der Waals surface area (Å²) < 4.78 is 10.8. The zero-order valence-corrected chi connectivity index (χ0v) is 16.2. The van der Waals surface area contributed by atoms with Crippen molar-refractivity contribution in [1.29, 1.82) is 0 Å². The number of carbonyl (C=O) groups excluding carboxylic acids is 2. The van der Waals surface area contributed by atoms with Crippen LogP contribution in [0.1, 0.15) is 39.2 Å². The van der Waals surface area contributed by atoms with E-state index in [1.165, 1.54) is 0 Å². The van der Waals surface area contributed by atoms with E-state index in [-0.39, 0.29) is 18.8 Å². The third-order valence-electron chi connectivity index (χ3n) is 4.32. The number of ether oxygens (including phenoxy) is 2. The van der Waals surface area contributed by atoms with Gasteiger partial charge in [-0.25, -0.2) is 9.59 Å². The second-order valence-electron chi connectivity index (χ2n) is 7.83. The lowest BCUT2D eigenvalue weighted by molar-refractivity contribution is 0.0169. The molecule has 1 aliphatic rings. The minimum absolute atomic E-state index is 0.258. The van der Waals surface area contributed by atoms with Gasteiger partial charge in [0.05, 0.1) is 0 Å². The maximum Gasteiger partial charge on any atom is 0.410 e. The average Bonchev–Trinajstić information content (AvgIpc) is 2.59. The number of benzene rings is 1. The minimum Gasteiger partial charge on any atom is -0.445 e. The molecule has 0 aromatic heterocycles. The Bertz CT molecular complexity index is 590. The molecule has 0 atom stereocenters. The highest BCUT2D eigenvalue weighted by atomic mass is 16.6. The monoisotopic (exact) mass is 362 g/mol. The van der Waals surface area contributed by atoms with Gasteiger partial charge in [-0.05, 0) is 45.1 Å². The van der Waals surface area contributed by atoms with Gasteiger partial charge in [0.25, 0.3) is 0 Å². The smallest absolute Gasteiger partial charge is 0.410 e. The summed E-state index contributed by atoms with van der Waals surface area (Å²) in [5.41, 5.74) is 0.497. The van der Waals surface area contributed by atoms with Crippen LogP contribution in [0.2, 0.25) is 0 Å². The van der Waals surface area contributed by atoms with Crippen molar-refractivity contribution in [3.63, 3.8) is 0 Å². The van der Waals surface area contributed by atoms with Crippen LogP contribution in [0.5, 0.6) is 0 Å². The second kappa shape index (κ2) is 8.92. The van der Waals surface area contributed by atoms with Crippen molar-refractivity contribution >= 4 is 12.2 Å². The van der Waals surface area contributed by atoms with E-state index < -0.39 is 5.60 Å². The summed E-state index contributed by atoms with van der Waals surface area (Å²) in [4.78, 5) is 27.6. The molecule has 6 heteroatoms. The van der Waals surface area contributed by atoms with Crippen LogP contribution in [-0.4, -0.2) is 54.3 Å². The molecule has 1 heterocycles. The van der Waals surface area contributed by atoms with Crippen molar-refractivity contribution in [1.82, 2.24) is 9.80 Å². The van der Waals surface area contributed by atoms with Crippen molar-refractivity contribution < 1.29 is 19.1 Å². The molecule has 0 saturated carbocycles. The molecule has 2 amide bonds.